The summed E-state index contributed by atoms with van der Waals surface area (Å²) < 4.78 is 0. The van der Waals surface area contributed by atoms with E-state index in [0.717, 1.165) is 37.0 Å². The van der Waals surface area contributed by atoms with Crippen LogP contribution >= 0.6 is 0 Å². The van der Waals surface area contributed by atoms with E-state index in [1.54, 1.807) is 6.92 Å². The van der Waals surface area contributed by atoms with Gasteiger partial charge >= 0.3 is 5.97 Å². The molecule has 0 heterocycles. The Morgan fingerprint density at radius 2 is 2.05 bits per heavy atom. The van der Waals surface area contributed by atoms with Crippen molar-refractivity contribution < 1.29 is 15.1 Å². The number of hydrogen-bond acceptors (Lipinski definition) is 3. The maximum atomic E-state index is 10.9. The molecular weight excluding hydrogens is 242 g/mol. The highest BCUT2D eigenvalue weighted by molar-refractivity contribution is 5.85. The van der Waals surface area contributed by atoms with E-state index in [1.807, 2.05) is 24.3 Å². The van der Waals surface area contributed by atoms with Crippen LogP contribution in [0, 0.1) is 0 Å². The quantitative estimate of drug-likeness (QED) is 0.647. The molecule has 4 heteroatoms. The lowest BCUT2D eigenvalue weighted by Gasteiger charge is -2.23. The maximum Gasteiger partial charge on any atom is 0.310 e. The van der Waals surface area contributed by atoms with Gasteiger partial charge in [-0.1, -0.05) is 29.4 Å². The van der Waals surface area contributed by atoms with Gasteiger partial charge in [0.1, 0.15) is 0 Å². The zero-order chi connectivity index (χ0) is 13.8. The van der Waals surface area contributed by atoms with Crippen LogP contribution < -0.4 is 0 Å². The zero-order valence-electron chi connectivity index (χ0n) is 11.0. The van der Waals surface area contributed by atoms with Crippen molar-refractivity contribution in [3.05, 3.63) is 35.4 Å². The molecule has 1 aliphatic carbocycles. The highest BCUT2D eigenvalue weighted by atomic mass is 16.4. The van der Waals surface area contributed by atoms with Crippen molar-refractivity contribution in [3.63, 3.8) is 0 Å². The Morgan fingerprint density at radius 1 is 1.37 bits per heavy atom. The monoisotopic (exact) mass is 261 g/mol. The van der Waals surface area contributed by atoms with Crippen LogP contribution in [0.2, 0.25) is 0 Å². The first kappa shape index (κ1) is 13.6. The van der Waals surface area contributed by atoms with Crippen LogP contribution in [0.25, 0.3) is 0 Å². The molecule has 19 heavy (non-hydrogen) atoms. The molecule has 102 valence electrons. The van der Waals surface area contributed by atoms with E-state index in [2.05, 4.69) is 5.16 Å². The van der Waals surface area contributed by atoms with Crippen LogP contribution in [0.15, 0.2) is 29.4 Å². The summed E-state index contributed by atoms with van der Waals surface area (Å²) in [5.74, 6) is -0.899. The Hall–Kier alpha value is -1.84. The molecule has 0 saturated heterocycles. The Morgan fingerprint density at radius 3 is 2.63 bits per heavy atom. The van der Waals surface area contributed by atoms with E-state index in [4.69, 9.17) is 10.3 Å². The van der Waals surface area contributed by atoms with Gasteiger partial charge in [-0.2, -0.15) is 0 Å². The third-order valence-electron chi connectivity index (χ3n) is 3.92. The molecule has 0 amide bonds. The van der Waals surface area contributed by atoms with Gasteiger partial charge in [0.2, 0.25) is 0 Å². The van der Waals surface area contributed by atoms with Gasteiger partial charge in [0.05, 0.1) is 11.6 Å². The van der Waals surface area contributed by atoms with Gasteiger partial charge in [-0.05, 0) is 49.7 Å². The Balaban J connectivity index is 2.12. The minimum Gasteiger partial charge on any atom is -0.481 e. The van der Waals surface area contributed by atoms with Gasteiger partial charge in [0.25, 0.3) is 0 Å². The number of oxime groups is 1. The van der Waals surface area contributed by atoms with Crippen LogP contribution in [-0.4, -0.2) is 22.0 Å². The summed E-state index contributed by atoms with van der Waals surface area (Å²) >= 11 is 0. The fourth-order valence-corrected chi connectivity index (χ4v) is 2.62. The van der Waals surface area contributed by atoms with Crippen molar-refractivity contribution in [1.82, 2.24) is 0 Å². The largest absolute Gasteiger partial charge is 0.481 e. The molecule has 4 nitrogen and oxygen atoms in total. The lowest BCUT2D eigenvalue weighted by molar-refractivity contribution is -0.138. The molecule has 2 unspecified atom stereocenters. The summed E-state index contributed by atoms with van der Waals surface area (Å²) in [6, 6.07) is 7.77. The number of hydrogen-bond donors (Lipinski definition) is 2. The molecule has 1 saturated carbocycles. The highest BCUT2D eigenvalue weighted by Gasteiger charge is 2.21. The van der Waals surface area contributed by atoms with Gasteiger partial charge in [-0.15, -0.1) is 0 Å². The molecule has 0 aliphatic heterocycles. The van der Waals surface area contributed by atoms with Crippen LogP contribution in [0.4, 0.5) is 0 Å². The van der Waals surface area contributed by atoms with Gasteiger partial charge < -0.3 is 10.3 Å². The van der Waals surface area contributed by atoms with Crippen molar-refractivity contribution in [3.8, 4) is 0 Å². The van der Waals surface area contributed by atoms with Crippen LogP contribution in [-0.2, 0) is 4.79 Å². The lowest BCUT2D eigenvalue weighted by atomic mass is 9.82. The van der Waals surface area contributed by atoms with E-state index < -0.39 is 11.9 Å². The van der Waals surface area contributed by atoms with Crippen molar-refractivity contribution in [1.29, 1.82) is 0 Å². The predicted octanol–water partition coefficient (Wildman–Crippen LogP) is 3.36. The molecule has 1 aromatic carbocycles. The molecule has 2 rings (SSSR count). The fraction of sp³-hybridized carbons (Fsp3) is 0.467. The Bertz CT molecular complexity index is 479. The third kappa shape index (κ3) is 3.13. The first-order valence-electron chi connectivity index (χ1n) is 6.64. The van der Waals surface area contributed by atoms with Crippen LogP contribution in [0.1, 0.15) is 55.6 Å². The molecule has 2 atom stereocenters. The lowest BCUT2D eigenvalue weighted by Crippen LogP contribution is -2.14. The summed E-state index contributed by atoms with van der Waals surface area (Å²) in [7, 11) is 0. The average molecular weight is 261 g/mol. The minimum absolute atomic E-state index is 0.383. The van der Waals surface area contributed by atoms with Crippen molar-refractivity contribution >= 4 is 11.7 Å². The number of rotatable bonds is 3. The third-order valence-corrected chi connectivity index (χ3v) is 3.92. The second kappa shape index (κ2) is 5.87. The molecule has 1 aliphatic rings. The molecule has 1 fully saturated rings. The molecule has 0 bridgehead atoms. The number of carbonyl (C=O) groups is 1. The summed E-state index contributed by atoms with van der Waals surface area (Å²) in [5, 5.41) is 21.2. The Labute approximate surface area is 112 Å². The summed E-state index contributed by atoms with van der Waals surface area (Å²) in [6.07, 6.45) is 3.80. The molecular formula is C15H19NO3. The number of benzene rings is 1. The SMILES string of the molecule is CC(C(=O)O)c1ccc(C2CCC/C(=N/O)C2)cc1. The van der Waals surface area contributed by atoms with Gasteiger partial charge in [0, 0.05) is 0 Å². The molecule has 0 spiro atoms. The van der Waals surface area contributed by atoms with Crippen LogP contribution in [0.3, 0.4) is 0 Å². The van der Waals surface area contributed by atoms with E-state index in [0.29, 0.717) is 5.92 Å². The smallest absolute Gasteiger partial charge is 0.310 e. The topological polar surface area (TPSA) is 69.9 Å². The van der Waals surface area contributed by atoms with Gasteiger partial charge in [0.15, 0.2) is 0 Å². The molecule has 0 radical (unpaired) electrons. The zero-order valence-corrected chi connectivity index (χ0v) is 11.0. The second-order valence-corrected chi connectivity index (χ2v) is 5.19. The van der Waals surface area contributed by atoms with Crippen molar-refractivity contribution in [2.75, 3.05) is 0 Å². The summed E-state index contributed by atoms with van der Waals surface area (Å²) in [5.41, 5.74) is 2.88. The fourth-order valence-electron chi connectivity index (χ4n) is 2.62. The average Bonchev–Trinajstić information content (AvgIpc) is 2.46. The Kier molecular flexibility index (Phi) is 4.20. The molecule has 0 aromatic heterocycles. The maximum absolute atomic E-state index is 10.9. The number of carboxylic acids is 1. The summed E-state index contributed by atoms with van der Waals surface area (Å²) in [6.45, 7) is 1.69. The second-order valence-electron chi connectivity index (χ2n) is 5.19. The van der Waals surface area contributed by atoms with Crippen molar-refractivity contribution in [2.24, 2.45) is 5.16 Å². The van der Waals surface area contributed by atoms with Gasteiger partial charge in [-0.25, -0.2) is 0 Å². The number of aliphatic carboxylic acids is 1. The normalized spacial score (nSPS) is 23.2. The van der Waals surface area contributed by atoms with E-state index in [9.17, 15) is 4.79 Å². The highest BCUT2D eigenvalue weighted by Crippen LogP contribution is 2.32. The predicted molar refractivity (Wildman–Crippen MR) is 72.9 cm³/mol. The number of carboxylic acid groups (broad SMARTS) is 1. The standard InChI is InChI=1S/C15H19NO3/c1-10(15(17)18)11-5-7-12(8-6-11)13-3-2-4-14(9-13)16-19/h5-8,10,13,19H,2-4,9H2,1H3,(H,17,18)/b16-14-. The number of nitrogens with zero attached hydrogens (tertiary/aromatic N) is 1. The van der Waals surface area contributed by atoms with Gasteiger partial charge in [-0.3, -0.25) is 4.79 Å². The van der Waals surface area contributed by atoms with Crippen LogP contribution in [0.5, 0.6) is 0 Å². The summed E-state index contributed by atoms with van der Waals surface area (Å²) in [4.78, 5) is 10.9. The molecule has 2 N–H and O–H groups in total. The first-order chi connectivity index (χ1) is 9.11. The van der Waals surface area contributed by atoms with E-state index >= 15 is 0 Å². The molecule has 1 aromatic rings. The van der Waals surface area contributed by atoms with Crippen molar-refractivity contribution in [2.45, 2.75) is 44.4 Å². The van der Waals surface area contributed by atoms with E-state index in [-0.39, 0.29) is 0 Å². The van der Waals surface area contributed by atoms with E-state index in [1.165, 1.54) is 5.56 Å². The minimum atomic E-state index is -0.805. The first-order valence-corrected chi connectivity index (χ1v) is 6.64.